The normalized spacial score (nSPS) is 16.8. The summed E-state index contributed by atoms with van der Waals surface area (Å²) in [7, 11) is -14.0. The molecule has 0 saturated carbocycles. The minimum absolute atomic E-state index is 0.0356. The molecule has 2 aliphatic heterocycles. The van der Waals surface area contributed by atoms with Gasteiger partial charge in [0.2, 0.25) is 12.2 Å². The Hall–Kier alpha value is -4.11. The van der Waals surface area contributed by atoms with Crippen molar-refractivity contribution in [1.29, 1.82) is 0 Å². The predicted molar refractivity (Wildman–Crippen MR) is 370 cm³/mol. The van der Waals surface area contributed by atoms with Crippen LogP contribution >= 0.6 is 35.8 Å². The lowest BCUT2D eigenvalue weighted by Gasteiger charge is -2.35. The van der Waals surface area contributed by atoms with E-state index in [4.69, 9.17) is 39.0 Å². The van der Waals surface area contributed by atoms with Crippen molar-refractivity contribution in [2.75, 3.05) is 88.8 Å². The number of nitrogens with one attached hydrogen (secondary N) is 2. The fourth-order valence-electron chi connectivity index (χ4n) is 11.1. The van der Waals surface area contributed by atoms with Gasteiger partial charge in [0.1, 0.15) is 13.2 Å². The van der Waals surface area contributed by atoms with E-state index in [9.17, 15) is 53.5 Å². The minimum Gasteiger partial charge on any atom is -0.348 e. The molecule has 33 heteroatoms. The summed E-state index contributed by atoms with van der Waals surface area (Å²) < 4.78 is 186. The topological polar surface area (TPSA) is 255 Å². The fourth-order valence-corrected chi connectivity index (χ4v) is 16.9. The van der Waals surface area contributed by atoms with Gasteiger partial charge in [0.05, 0.1) is 54.8 Å². The van der Waals surface area contributed by atoms with Crippen LogP contribution in [0.3, 0.4) is 0 Å². The third-order valence-corrected chi connectivity index (χ3v) is 23.4. The number of carbonyl (C=O) groups excluding carboxylic acids is 2. The highest BCUT2D eigenvalue weighted by Gasteiger charge is 2.47. The number of hydrogen-bond acceptors (Lipinski definition) is 18. The standard InChI is InChI=1S/C65H99F6N6O16P3S2/c1-11-12-13-14-23-41-88-95(81,90-43-25-20-35-73-60(78)64(66,67)68)53-32-34-57-55(49-53)63(8,9)59(76(57)39-28-47-98(83,84)85)30-19-17-18-29-58-62(6,7)54-48-52(31-33-56(54)75(58)38-27-46-97-93-92-80)96(82,91-44-26-21-36-74-61(79)65(69,70)71)89-42-24-16-15-22-40-86-94(87-45-37-72-10)77(50(2)3)51(4)5/h17-19,29-34,48-51H,11-16,20-28,35-47H2,1-9H3,(H3-,73,74,78,79,80,83,84,85)/p+1. The molecular weight excluding hydrogens is 1390 g/mol. The molecule has 0 bridgehead atoms. The molecule has 3 unspecified atom stereocenters. The Morgan fingerprint density at radius 3 is 1.73 bits per heavy atom. The Bertz CT molecular complexity index is 3230. The Balaban J connectivity index is 1.66. The molecule has 4 rings (SSSR count). The number of unbranched alkanes of at least 4 members (excludes halogenated alkanes) is 9. The SMILES string of the molecule is [C-]#[N+]CCOP(OCCCCCCOP(=O)(OCCCCNC(=O)C(F)(F)F)c1ccc2c(c1)C(C)(C)C(/C=C/C=C/C=C1\N(CCCS(=O)(=O)O)c3ccc(P(=O)(OCCCCCCC)OCCCCNC(=O)C(F)(F)F)cc3C1(C)C)=[N+]2CCCSOOO)N(C(C)C)C(C)C. The van der Waals surface area contributed by atoms with E-state index in [0.29, 0.717) is 62.3 Å². The van der Waals surface area contributed by atoms with Crippen LogP contribution in [0, 0.1) is 6.57 Å². The second-order valence-electron chi connectivity index (χ2n) is 25.0. The van der Waals surface area contributed by atoms with Crippen LogP contribution in [-0.2, 0) is 76.2 Å². The summed E-state index contributed by atoms with van der Waals surface area (Å²) in [5, 5.41) is 16.8. The van der Waals surface area contributed by atoms with Gasteiger partial charge < -0.3 is 47.5 Å². The number of fused-ring (bicyclic) bond motifs is 2. The van der Waals surface area contributed by atoms with Crippen LogP contribution in [0.2, 0.25) is 0 Å². The summed E-state index contributed by atoms with van der Waals surface area (Å²) in [5.74, 6) is -4.25. The van der Waals surface area contributed by atoms with Crippen molar-refractivity contribution in [3.8, 4) is 0 Å². The molecule has 0 fully saturated rings. The zero-order valence-corrected chi connectivity index (χ0v) is 61.9. The van der Waals surface area contributed by atoms with E-state index in [-0.39, 0.29) is 114 Å². The number of benzene rings is 2. The molecule has 0 spiro atoms. The molecule has 0 saturated heterocycles. The van der Waals surface area contributed by atoms with Crippen LogP contribution in [0.1, 0.15) is 170 Å². The lowest BCUT2D eigenvalue weighted by Crippen LogP contribution is -2.37. The molecule has 2 aromatic rings. The van der Waals surface area contributed by atoms with Gasteiger partial charge >= 0.3 is 39.4 Å². The van der Waals surface area contributed by atoms with Crippen LogP contribution in [0.25, 0.3) is 4.85 Å². The average molecular weight is 1490 g/mol. The molecule has 3 atom stereocenters. The molecule has 2 aliphatic rings. The minimum atomic E-state index is -5.05. The van der Waals surface area contributed by atoms with Gasteiger partial charge in [-0.3, -0.25) is 23.3 Å². The zero-order valence-electron chi connectivity index (χ0n) is 57.6. The highest BCUT2D eigenvalue weighted by Crippen LogP contribution is 2.54. The quantitative estimate of drug-likeness (QED) is 0.00459. The number of anilines is 1. The van der Waals surface area contributed by atoms with E-state index >= 15 is 4.57 Å². The van der Waals surface area contributed by atoms with Crippen molar-refractivity contribution in [2.45, 2.75) is 194 Å². The van der Waals surface area contributed by atoms with E-state index in [1.54, 1.807) is 30.3 Å². The molecule has 554 valence electrons. The lowest BCUT2D eigenvalue weighted by molar-refractivity contribution is -0.438. The Morgan fingerprint density at radius 1 is 0.714 bits per heavy atom. The highest BCUT2D eigenvalue weighted by molar-refractivity contribution is 7.94. The molecule has 98 heavy (non-hydrogen) atoms. The summed E-state index contributed by atoms with van der Waals surface area (Å²) in [6.07, 6.45) is 7.24. The molecular formula is C65H100F6N6O16P3S2+. The molecule has 2 heterocycles. The Kier molecular flexibility index (Phi) is 36.9. The summed E-state index contributed by atoms with van der Waals surface area (Å²) >= 11 is 0.898. The third kappa shape index (κ3) is 27.6. The maximum absolute atomic E-state index is 15.1. The average Bonchev–Trinajstić information content (AvgIpc) is 1.59. The lowest BCUT2D eigenvalue weighted by atomic mass is 9.81. The summed E-state index contributed by atoms with van der Waals surface area (Å²) in [6.45, 7) is 26.1. The zero-order chi connectivity index (χ0) is 72.8. The van der Waals surface area contributed by atoms with Gasteiger partial charge in [-0.15, -0.1) is 4.33 Å². The number of nitrogens with zero attached hydrogens (tertiary/aromatic N) is 4. The van der Waals surface area contributed by atoms with E-state index in [0.717, 1.165) is 66.8 Å². The smallest absolute Gasteiger partial charge is 0.348 e. The molecule has 4 N–H and O–H groups in total. The molecule has 0 radical (unpaired) electrons. The second-order valence-corrected chi connectivity index (χ2v) is 32.9. The first-order valence-corrected chi connectivity index (χ1v) is 39.9. The van der Waals surface area contributed by atoms with Crippen LogP contribution in [-0.4, -0.2) is 153 Å². The Morgan fingerprint density at radius 2 is 1.22 bits per heavy atom. The van der Waals surface area contributed by atoms with Crippen LogP contribution in [0.5, 0.6) is 0 Å². The van der Waals surface area contributed by atoms with Gasteiger partial charge in [0.25, 0.3) is 18.6 Å². The predicted octanol–water partition coefficient (Wildman–Crippen LogP) is 15.0. The van der Waals surface area contributed by atoms with Crippen LogP contribution in [0.4, 0.5) is 37.7 Å². The van der Waals surface area contributed by atoms with Crippen molar-refractivity contribution < 1.29 is 104 Å². The largest absolute Gasteiger partial charge is 0.471 e. The van der Waals surface area contributed by atoms with Gasteiger partial charge in [0.15, 0.2) is 5.71 Å². The highest BCUT2D eigenvalue weighted by atomic mass is 32.2. The monoisotopic (exact) mass is 1490 g/mol. The summed E-state index contributed by atoms with van der Waals surface area (Å²) in [4.78, 5) is 28.1. The number of alkyl halides is 6. The summed E-state index contributed by atoms with van der Waals surface area (Å²) in [6, 6.07) is 10.6. The maximum atomic E-state index is 15.1. The first-order chi connectivity index (χ1) is 46.2. The fraction of sp³-hybridized carbons (Fsp3) is 0.662. The second kappa shape index (κ2) is 41.9. The molecule has 0 aromatic heterocycles. The van der Waals surface area contributed by atoms with E-state index in [2.05, 4.69) is 58.1 Å². The number of allylic oxidation sites excluding steroid dienone is 6. The first-order valence-electron chi connectivity index (χ1n) is 33.2. The third-order valence-electron chi connectivity index (χ3n) is 16.0. The van der Waals surface area contributed by atoms with Gasteiger partial charge in [-0.05, 0) is 135 Å². The first kappa shape index (κ1) is 86.3. The number of hydrogen-bond donors (Lipinski definition) is 4. The number of carbonyl (C=O) groups is 2. The van der Waals surface area contributed by atoms with Crippen molar-refractivity contribution in [3.05, 3.63) is 95.0 Å². The molecule has 22 nitrogen and oxygen atoms in total. The van der Waals surface area contributed by atoms with E-state index in [1.807, 2.05) is 79.7 Å². The van der Waals surface area contributed by atoms with Gasteiger partial charge in [-0.1, -0.05) is 82.6 Å². The molecule has 0 aliphatic carbocycles. The number of halogens is 6. The van der Waals surface area contributed by atoms with E-state index in [1.165, 1.54) is 0 Å². The molecule has 2 amide bonds. The van der Waals surface area contributed by atoms with E-state index < -0.39 is 74.6 Å². The van der Waals surface area contributed by atoms with Crippen molar-refractivity contribution in [3.63, 3.8) is 0 Å². The van der Waals surface area contributed by atoms with Crippen molar-refractivity contribution >= 4 is 85.4 Å². The Labute approximate surface area is 580 Å². The van der Waals surface area contributed by atoms with Crippen molar-refractivity contribution in [2.24, 2.45) is 0 Å². The number of amides is 2. The van der Waals surface area contributed by atoms with Gasteiger partial charge in [0, 0.05) is 90.4 Å². The van der Waals surface area contributed by atoms with Crippen LogP contribution in [0.15, 0.2) is 72.5 Å². The maximum Gasteiger partial charge on any atom is 0.471 e. The van der Waals surface area contributed by atoms with Gasteiger partial charge in [-0.25, -0.2) is 16.5 Å². The van der Waals surface area contributed by atoms with Crippen molar-refractivity contribution in [1.82, 2.24) is 15.3 Å². The van der Waals surface area contributed by atoms with Crippen LogP contribution < -0.4 is 26.1 Å². The summed E-state index contributed by atoms with van der Waals surface area (Å²) in [5.41, 5.74) is 2.86. The molecule has 2 aromatic carbocycles. The van der Waals surface area contributed by atoms with Gasteiger partial charge in [-0.2, -0.15) is 39.3 Å². The number of rotatable bonds is 49.